The fourth-order valence-corrected chi connectivity index (χ4v) is 2.81. The first kappa shape index (κ1) is 22.1. The van der Waals surface area contributed by atoms with Gasteiger partial charge in [0.25, 0.3) is 5.91 Å². The van der Waals surface area contributed by atoms with Crippen LogP contribution in [0.15, 0.2) is 53.5 Å². The lowest BCUT2D eigenvalue weighted by molar-refractivity contribution is 0.100. The van der Waals surface area contributed by atoms with E-state index in [4.69, 9.17) is 0 Å². The molecule has 2 aromatic carbocycles. The number of nitrogens with zero attached hydrogens (tertiary/aromatic N) is 2. The van der Waals surface area contributed by atoms with Gasteiger partial charge in [-0.05, 0) is 51.0 Å². The number of carbonyl (C=O) groups is 1. The quantitative estimate of drug-likeness (QED) is 0.410. The Morgan fingerprint density at radius 1 is 1.06 bits per heavy atom. The maximum Gasteiger partial charge on any atom is 0.280 e. The molecule has 0 aliphatic rings. The first-order chi connectivity index (χ1) is 14.6. The van der Waals surface area contributed by atoms with Gasteiger partial charge in [-0.2, -0.15) is 10.1 Å². The van der Waals surface area contributed by atoms with E-state index in [1.807, 2.05) is 45.0 Å². The van der Waals surface area contributed by atoms with Crippen molar-refractivity contribution in [1.29, 1.82) is 0 Å². The number of benzene rings is 2. The summed E-state index contributed by atoms with van der Waals surface area (Å²) in [6.07, 6.45) is 0.956. The second-order valence-electron chi connectivity index (χ2n) is 8.11. The third-order valence-corrected chi connectivity index (χ3v) is 4.36. The number of aryl methyl sites for hydroxylation is 1. The lowest BCUT2D eigenvalue weighted by Crippen LogP contribution is -2.44. The van der Waals surface area contributed by atoms with Crippen molar-refractivity contribution in [3.8, 4) is 11.3 Å². The minimum atomic E-state index is -1.10. The molecule has 1 aromatic heterocycles. The average Bonchev–Trinajstić information content (AvgIpc) is 3.17. The number of halogens is 2. The monoisotopic (exact) mass is 425 g/mol. The van der Waals surface area contributed by atoms with Crippen LogP contribution in [0.5, 0.6) is 0 Å². The number of anilines is 1. The standard InChI is InChI=1S/C23H25F2N5O/c1-5-14-6-8-15(9-7-14)19-13-20(30-29-19)26-22(28-23(2,3)4)27-21(31)16-10-11-17(24)18(25)12-16/h6-13H,5H2,1-4H3,(H3,26,27,28,29,30,31). The maximum absolute atomic E-state index is 13.5. The Morgan fingerprint density at radius 3 is 2.39 bits per heavy atom. The Bertz CT molecular complexity index is 1100. The summed E-state index contributed by atoms with van der Waals surface area (Å²) in [6, 6.07) is 12.8. The molecule has 6 nitrogen and oxygen atoms in total. The van der Waals surface area contributed by atoms with Crippen molar-refractivity contribution in [3.63, 3.8) is 0 Å². The van der Waals surface area contributed by atoms with Gasteiger partial charge < -0.3 is 10.6 Å². The molecule has 0 saturated heterocycles. The van der Waals surface area contributed by atoms with E-state index < -0.39 is 23.1 Å². The molecule has 1 amide bonds. The number of rotatable bonds is 4. The van der Waals surface area contributed by atoms with Crippen LogP contribution in [0.2, 0.25) is 0 Å². The van der Waals surface area contributed by atoms with Crippen molar-refractivity contribution in [2.24, 2.45) is 4.99 Å². The van der Waals surface area contributed by atoms with Gasteiger partial charge in [-0.15, -0.1) is 0 Å². The summed E-state index contributed by atoms with van der Waals surface area (Å²) in [5.74, 6) is -2.18. The molecule has 0 atom stereocenters. The zero-order valence-electron chi connectivity index (χ0n) is 17.9. The second-order valence-corrected chi connectivity index (χ2v) is 8.11. The van der Waals surface area contributed by atoms with Gasteiger partial charge >= 0.3 is 0 Å². The van der Waals surface area contributed by atoms with Gasteiger partial charge in [-0.1, -0.05) is 31.2 Å². The van der Waals surface area contributed by atoms with E-state index in [-0.39, 0.29) is 11.5 Å². The van der Waals surface area contributed by atoms with Gasteiger partial charge in [0.1, 0.15) is 5.82 Å². The molecule has 0 aliphatic heterocycles. The van der Waals surface area contributed by atoms with Crippen molar-refractivity contribution < 1.29 is 13.6 Å². The number of aromatic amines is 1. The number of H-pyrrole nitrogens is 1. The first-order valence-electron chi connectivity index (χ1n) is 9.92. The summed E-state index contributed by atoms with van der Waals surface area (Å²) in [7, 11) is 0. The smallest absolute Gasteiger partial charge is 0.280 e. The van der Waals surface area contributed by atoms with E-state index in [1.54, 1.807) is 6.07 Å². The van der Waals surface area contributed by atoms with Crippen molar-refractivity contribution >= 4 is 17.7 Å². The summed E-state index contributed by atoms with van der Waals surface area (Å²) in [5, 5.41) is 13.3. The number of hydrogen-bond acceptors (Lipinski definition) is 2. The Kier molecular flexibility index (Phi) is 6.48. The number of guanidine groups is 1. The van der Waals surface area contributed by atoms with E-state index in [0.717, 1.165) is 29.8 Å². The molecule has 0 fully saturated rings. The predicted molar refractivity (Wildman–Crippen MR) is 118 cm³/mol. The van der Waals surface area contributed by atoms with E-state index in [9.17, 15) is 13.6 Å². The zero-order chi connectivity index (χ0) is 22.6. The fraction of sp³-hybridized carbons (Fsp3) is 0.261. The van der Waals surface area contributed by atoms with E-state index in [1.165, 1.54) is 11.6 Å². The fourth-order valence-electron chi connectivity index (χ4n) is 2.81. The van der Waals surface area contributed by atoms with Crippen LogP contribution >= 0.6 is 0 Å². The summed E-state index contributed by atoms with van der Waals surface area (Å²) >= 11 is 0. The molecule has 0 aliphatic carbocycles. The molecule has 3 N–H and O–H groups in total. The highest BCUT2D eigenvalue weighted by molar-refractivity contribution is 6.06. The summed E-state index contributed by atoms with van der Waals surface area (Å²) < 4.78 is 26.6. The van der Waals surface area contributed by atoms with E-state index in [0.29, 0.717) is 5.82 Å². The Labute approximate surface area is 179 Å². The Hall–Kier alpha value is -3.55. The van der Waals surface area contributed by atoms with Gasteiger partial charge in [-0.3, -0.25) is 9.89 Å². The zero-order valence-corrected chi connectivity index (χ0v) is 17.9. The number of nitrogens with one attached hydrogen (secondary N) is 3. The molecule has 8 heteroatoms. The minimum absolute atomic E-state index is 0.0600. The van der Waals surface area contributed by atoms with Crippen molar-refractivity contribution in [2.45, 2.75) is 39.7 Å². The summed E-state index contributed by atoms with van der Waals surface area (Å²) in [5.41, 5.74) is 2.43. The topological polar surface area (TPSA) is 82.2 Å². The molecule has 162 valence electrons. The summed E-state index contributed by atoms with van der Waals surface area (Å²) in [6.45, 7) is 7.80. The van der Waals surface area contributed by atoms with Crippen molar-refractivity contribution in [3.05, 3.63) is 71.3 Å². The molecule has 31 heavy (non-hydrogen) atoms. The molecular weight excluding hydrogens is 400 g/mol. The molecule has 3 rings (SSSR count). The maximum atomic E-state index is 13.5. The number of hydrogen-bond donors (Lipinski definition) is 3. The van der Waals surface area contributed by atoms with Gasteiger partial charge in [-0.25, -0.2) is 8.78 Å². The average molecular weight is 425 g/mol. The molecule has 0 radical (unpaired) electrons. The number of amides is 1. The van der Waals surface area contributed by atoms with Crippen LogP contribution in [-0.2, 0) is 6.42 Å². The van der Waals surface area contributed by atoms with Crippen LogP contribution in [0.25, 0.3) is 11.3 Å². The van der Waals surface area contributed by atoms with Gasteiger partial charge in [0, 0.05) is 22.7 Å². The van der Waals surface area contributed by atoms with Gasteiger partial charge in [0.05, 0.1) is 5.69 Å². The van der Waals surface area contributed by atoms with E-state index in [2.05, 4.69) is 32.7 Å². The lowest BCUT2D eigenvalue weighted by atomic mass is 10.1. The molecule has 0 spiro atoms. The first-order valence-corrected chi connectivity index (χ1v) is 9.92. The van der Waals surface area contributed by atoms with Crippen LogP contribution in [0.1, 0.15) is 43.6 Å². The molecule has 0 saturated carbocycles. The highest BCUT2D eigenvalue weighted by Gasteiger charge is 2.17. The van der Waals surface area contributed by atoms with Crippen molar-refractivity contribution in [1.82, 2.24) is 15.5 Å². The van der Waals surface area contributed by atoms with Gasteiger partial charge in [0.15, 0.2) is 11.6 Å². The number of carbonyl (C=O) groups excluding carboxylic acids is 1. The van der Waals surface area contributed by atoms with Crippen LogP contribution in [0, 0.1) is 11.6 Å². The second kappa shape index (κ2) is 9.07. The molecule has 0 unspecified atom stereocenters. The predicted octanol–water partition coefficient (Wildman–Crippen LogP) is 4.91. The van der Waals surface area contributed by atoms with Gasteiger partial charge in [0.2, 0.25) is 5.96 Å². The van der Waals surface area contributed by atoms with Crippen molar-refractivity contribution in [2.75, 3.05) is 5.32 Å². The summed E-state index contributed by atoms with van der Waals surface area (Å²) in [4.78, 5) is 16.5. The number of aromatic nitrogens is 2. The molecule has 1 heterocycles. The lowest BCUT2D eigenvalue weighted by Gasteiger charge is -2.23. The largest absolute Gasteiger partial charge is 0.351 e. The Morgan fingerprint density at radius 2 is 1.77 bits per heavy atom. The van der Waals surface area contributed by atoms with E-state index >= 15 is 0 Å². The van der Waals surface area contributed by atoms with Crippen LogP contribution in [0.3, 0.4) is 0 Å². The molecular formula is C23H25F2N5O. The SMILES string of the molecule is CCc1ccc(-c2cc(N/C(=N\C(=O)c3ccc(F)c(F)c3)NC(C)(C)C)[nH]n2)cc1. The highest BCUT2D eigenvalue weighted by Crippen LogP contribution is 2.20. The third-order valence-electron chi connectivity index (χ3n) is 4.36. The van der Waals surface area contributed by atoms with Crippen LogP contribution in [0.4, 0.5) is 14.6 Å². The molecule has 0 bridgehead atoms. The highest BCUT2D eigenvalue weighted by atomic mass is 19.2. The normalized spacial score (nSPS) is 12.0. The molecule has 3 aromatic rings. The third kappa shape index (κ3) is 5.97. The minimum Gasteiger partial charge on any atom is -0.351 e. The van der Waals surface area contributed by atoms with Crippen LogP contribution < -0.4 is 10.6 Å². The Balaban J connectivity index is 1.84. The number of aliphatic imine (C=N–C) groups is 1. The van der Waals surface area contributed by atoms with Crippen LogP contribution in [-0.4, -0.2) is 27.6 Å².